The summed E-state index contributed by atoms with van der Waals surface area (Å²) in [5.41, 5.74) is 3.28. The number of fused-ring (bicyclic) bond motifs is 1. The highest BCUT2D eigenvalue weighted by molar-refractivity contribution is 8.93. The van der Waals surface area contributed by atoms with Gasteiger partial charge >= 0.3 is 0 Å². The first-order valence-corrected chi connectivity index (χ1v) is 7.07. The van der Waals surface area contributed by atoms with Crippen LogP contribution in [0, 0.1) is 0 Å². The summed E-state index contributed by atoms with van der Waals surface area (Å²) in [5.74, 6) is 0.883. The highest BCUT2D eigenvalue weighted by Gasteiger charge is 2.19. The molecule has 19 heavy (non-hydrogen) atoms. The highest BCUT2D eigenvalue weighted by Crippen LogP contribution is 2.27. The Balaban J connectivity index is 0.00000133. The molecule has 0 unspecified atom stereocenters. The van der Waals surface area contributed by atoms with Crippen molar-refractivity contribution in [1.29, 1.82) is 0 Å². The van der Waals surface area contributed by atoms with Crippen LogP contribution >= 0.6 is 28.7 Å². The van der Waals surface area contributed by atoms with Gasteiger partial charge in [0.1, 0.15) is 5.03 Å². The van der Waals surface area contributed by atoms with E-state index in [0.29, 0.717) is 0 Å². The number of hydrogen-bond acceptors (Lipinski definition) is 4. The predicted molar refractivity (Wildman–Crippen MR) is 83.4 cm³/mol. The first-order chi connectivity index (χ1) is 8.88. The van der Waals surface area contributed by atoms with Gasteiger partial charge in [-0.15, -0.1) is 26.9 Å². The monoisotopic (exact) mass is 338 g/mol. The zero-order chi connectivity index (χ0) is 12.4. The maximum atomic E-state index is 4.56. The van der Waals surface area contributed by atoms with Crippen LogP contribution in [0.2, 0.25) is 0 Å². The van der Waals surface area contributed by atoms with Crippen LogP contribution in [0.3, 0.4) is 0 Å². The number of hydrogen-bond donors (Lipinski definition) is 0. The average molecular weight is 339 g/mol. The van der Waals surface area contributed by atoms with Gasteiger partial charge in [-0.2, -0.15) is 5.10 Å². The molecule has 4 nitrogen and oxygen atoms in total. The first-order valence-electron chi connectivity index (χ1n) is 6.09. The molecule has 0 aliphatic carbocycles. The molecule has 2 aromatic rings. The molecule has 1 aliphatic heterocycles. The van der Waals surface area contributed by atoms with Crippen molar-refractivity contribution in [1.82, 2.24) is 15.1 Å². The second-order valence-corrected chi connectivity index (χ2v) is 5.15. The van der Waals surface area contributed by atoms with E-state index >= 15 is 0 Å². The molecule has 1 aromatic heterocycles. The zero-order valence-electron chi connectivity index (χ0n) is 10.6. The molecular weight excluding hydrogens is 324 g/mol. The van der Waals surface area contributed by atoms with E-state index in [1.165, 1.54) is 0 Å². The zero-order valence-corrected chi connectivity index (χ0v) is 13.1. The predicted octanol–water partition coefficient (Wildman–Crippen LogP) is 3.17. The van der Waals surface area contributed by atoms with Crippen LogP contribution in [0.25, 0.3) is 0 Å². The van der Waals surface area contributed by atoms with Crippen LogP contribution in [0.5, 0.6) is 0 Å². The van der Waals surface area contributed by atoms with Gasteiger partial charge in [0.05, 0.1) is 11.4 Å². The minimum Gasteiger partial charge on any atom is -0.152 e. The van der Waals surface area contributed by atoms with Gasteiger partial charge in [0.25, 0.3) is 0 Å². The summed E-state index contributed by atoms with van der Waals surface area (Å²) in [6.07, 6.45) is 2.06. The number of benzene rings is 1. The summed E-state index contributed by atoms with van der Waals surface area (Å²) >= 11 is 1.77. The minimum absolute atomic E-state index is 0. The van der Waals surface area contributed by atoms with Crippen LogP contribution in [0.4, 0.5) is 0 Å². The number of rotatable bonds is 3. The van der Waals surface area contributed by atoms with Gasteiger partial charge in [0.2, 0.25) is 0 Å². The van der Waals surface area contributed by atoms with E-state index in [2.05, 4.69) is 34.5 Å². The van der Waals surface area contributed by atoms with Crippen molar-refractivity contribution in [3.8, 4) is 0 Å². The van der Waals surface area contributed by atoms with Gasteiger partial charge in [0.15, 0.2) is 0 Å². The van der Waals surface area contributed by atoms with E-state index in [4.69, 9.17) is 0 Å². The summed E-state index contributed by atoms with van der Waals surface area (Å²) in [5, 5.41) is 14.0. The molecule has 0 saturated carbocycles. The van der Waals surface area contributed by atoms with Crippen molar-refractivity contribution in [2.45, 2.75) is 24.8 Å². The third kappa shape index (κ3) is 2.90. The van der Waals surface area contributed by atoms with Gasteiger partial charge in [-0.1, -0.05) is 55.4 Å². The fourth-order valence-electron chi connectivity index (χ4n) is 1.95. The normalized spacial score (nSPS) is 13.4. The van der Waals surface area contributed by atoms with Crippen LogP contribution in [0.15, 0.2) is 40.5 Å². The molecule has 0 bridgehead atoms. The Kier molecular flexibility index (Phi) is 4.76. The molecule has 0 fully saturated rings. The summed E-state index contributed by atoms with van der Waals surface area (Å²) in [7, 11) is 0. The SMILES string of the molecule is Br.CCCc1nnn2c1SCC(c1ccccc1)=N2. The van der Waals surface area contributed by atoms with Crippen molar-refractivity contribution in [3.63, 3.8) is 0 Å². The number of aromatic nitrogens is 3. The molecule has 2 heterocycles. The van der Waals surface area contributed by atoms with Gasteiger partial charge < -0.3 is 0 Å². The van der Waals surface area contributed by atoms with Crippen LogP contribution in [-0.2, 0) is 6.42 Å². The Morgan fingerprint density at radius 2 is 2.05 bits per heavy atom. The summed E-state index contributed by atoms with van der Waals surface area (Å²) in [6.45, 7) is 2.15. The molecule has 0 atom stereocenters. The van der Waals surface area contributed by atoms with E-state index < -0.39 is 0 Å². The Morgan fingerprint density at radius 1 is 1.26 bits per heavy atom. The average Bonchev–Trinajstić information content (AvgIpc) is 2.83. The fourth-order valence-corrected chi connectivity index (χ4v) is 2.95. The second-order valence-electron chi connectivity index (χ2n) is 4.18. The van der Waals surface area contributed by atoms with Crippen molar-refractivity contribution >= 4 is 34.5 Å². The molecular formula is C13H15BrN4S. The lowest BCUT2D eigenvalue weighted by molar-refractivity contribution is 0.641. The van der Waals surface area contributed by atoms with Gasteiger partial charge in [0, 0.05) is 5.75 Å². The quantitative estimate of drug-likeness (QED) is 0.863. The molecule has 100 valence electrons. The van der Waals surface area contributed by atoms with Crippen molar-refractivity contribution < 1.29 is 0 Å². The number of aryl methyl sites for hydroxylation is 1. The third-order valence-electron chi connectivity index (χ3n) is 2.83. The summed E-state index contributed by atoms with van der Waals surface area (Å²) < 4.78 is 0. The van der Waals surface area contributed by atoms with E-state index in [1.807, 2.05) is 18.2 Å². The van der Waals surface area contributed by atoms with Crippen LogP contribution in [-0.4, -0.2) is 26.6 Å². The molecule has 1 aliphatic rings. The number of nitrogens with zero attached hydrogens (tertiary/aromatic N) is 4. The van der Waals surface area contributed by atoms with E-state index in [0.717, 1.165) is 40.6 Å². The lowest BCUT2D eigenvalue weighted by atomic mass is 10.1. The minimum atomic E-state index is 0. The lowest BCUT2D eigenvalue weighted by Crippen LogP contribution is -2.13. The maximum Gasteiger partial charge on any atom is 0.144 e. The van der Waals surface area contributed by atoms with Crippen LogP contribution in [0.1, 0.15) is 24.6 Å². The Hall–Kier alpha value is -1.14. The molecule has 0 spiro atoms. The van der Waals surface area contributed by atoms with Gasteiger partial charge in [-0.25, -0.2) is 0 Å². The standard InChI is InChI=1S/C13H14N4S.BrH/c1-2-6-11-13-17(16-14-11)15-12(9-18-13)10-7-4-3-5-8-10;/h3-5,7-8H,2,6,9H2,1H3;1H. The first kappa shape index (κ1) is 14.3. The Bertz CT molecular complexity index is 580. The molecule has 0 N–H and O–H groups in total. The van der Waals surface area contributed by atoms with E-state index in [1.54, 1.807) is 16.6 Å². The summed E-state index contributed by atoms with van der Waals surface area (Å²) in [6, 6.07) is 10.2. The molecule has 3 rings (SSSR count). The van der Waals surface area contributed by atoms with Crippen molar-refractivity contribution in [2.24, 2.45) is 5.10 Å². The molecule has 0 radical (unpaired) electrons. The van der Waals surface area contributed by atoms with Gasteiger partial charge in [-0.05, 0) is 17.2 Å². The number of thioether (sulfide) groups is 1. The molecule has 0 amide bonds. The van der Waals surface area contributed by atoms with E-state index in [9.17, 15) is 0 Å². The number of halogens is 1. The second kappa shape index (κ2) is 6.34. The van der Waals surface area contributed by atoms with Crippen molar-refractivity contribution in [2.75, 3.05) is 5.75 Å². The lowest BCUT2D eigenvalue weighted by Gasteiger charge is -2.12. The van der Waals surface area contributed by atoms with E-state index in [-0.39, 0.29) is 17.0 Å². The topological polar surface area (TPSA) is 43.1 Å². The van der Waals surface area contributed by atoms with Crippen molar-refractivity contribution in [3.05, 3.63) is 41.6 Å². The molecule has 6 heteroatoms. The molecule has 1 aromatic carbocycles. The Labute approximate surface area is 127 Å². The largest absolute Gasteiger partial charge is 0.152 e. The fraction of sp³-hybridized carbons (Fsp3) is 0.308. The highest BCUT2D eigenvalue weighted by atomic mass is 79.9. The summed E-state index contributed by atoms with van der Waals surface area (Å²) in [4.78, 5) is 1.67. The third-order valence-corrected chi connectivity index (χ3v) is 3.92. The Morgan fingerprint density at radius 3 is 2.79 bits per heavy atom. The van der Waals surface area contributed by atoms with Gasteiger partial charge in [-0.3, -0.25) is 0 Å². The maximum absolute atomic E-state index is 4.56. The van der Waals surface area contributed by atoms with Crippen LogP contribution < -0.4 is 0 Å². The smallest absolute Gasteiger partial charge is 0.144 e. The molecule has 0 saturated heterocycles.